The lowest BCUT2D eigenvalue weighted by atomic mass is 9.91. The van der Waals surface area contributed by atoms with Gasteiger partial charge in [-0.2, -0.15) is 0 Å². The maximum absolute atomic E-state index is 9.08. The molecule has 4 heteroatoms. The van der Waals surface area contributed by atoms with Gasteiger partial charge in [0.1, 0.15) is 32.7 Å². The molecule has 0 aromatic rings. The number of fused-ring (bicyclic) bond motifs is 2. The summed E-state index contributed by atoms with van der Waals surface area (Å²) in [6.07, 6.45) is 9.14. The van der Waals surface area contributed by atoms with Crippen molar-refractivity contribution in [2.75, 3.05) is 52.4 Å². The number of rotatable bonds is 4. The van der Waals surface area contributed by atoms with E-state index in [2.05, 4.69) is 0 Å². The summed E-state index contributed by atoms with van der Waals surface area (Å²) >= 11 is 0. The molecular weight excluding hydrogens is 274 g/mol. The largest absolute Gasteiger partial charge is 0.391 e. The second-order valence-electron chi connectivity index (χ2n) is 8.60. The third kappa shape index (κ3) is 3.08. The molecule has 2 bridgehead atoms. The Bertz CT molecular complexity index is 361. The summed E-state index contributed by atoms with van der Waals surface area (Å²) in [5.74, 6) is 2.20. The van der Waals surface area contributed by atoms with Crippen molar-refractivity contribution in [1.29, 1.82) is 0 Å². The van der Waals surface area contributed by atoms with Gasteiger partial charge in [0.25, 0.3) is 0 Å². The third-order valence-corrected chi connectivity index (χ3v) is 7.53. The summed E-state index contributed by atoms with van der Waals surface area (Å²) in [7, 11) is 0. The number of aliphatic hydroxyl groups excluding tert-OH is 1. The van der Waals surface area contributed by atoms with Gasteiger partial charge in [-0.05, 0) is 25.2 Å². The lowest BCUT2D eigenvalue weighted by molar-refractivity contribution is -1.03. The lowest BCUT2D eigenvalue weighted by Gasteiger charge is -2.40. The van der Waals surface area contributed by atoms with Gasteiger partial charge in [-0.3, -0.25) is 0 Å². The topological polar surface area (TPSA) is 33.6 Å². The minimum absolute atomic E-state index is 0.357. The molecule has 0 unspecified atom stereocenters. The van der Waals surface area contributed by atoms with E-state index in [4.69, 9.17) is 5.11 Å². The molecule has 3 atom stereocenters. The highest BCUT2D eigenvalue weighted by molar-refractivity contribution is 4.90. The smallest absolute Gasteiger partial charge is 0.127 e. The van der Waals surface area contributed by atoms with Gasteiger partial charge in [0.2, 0.25) is 0 Å². The molecule has 0 aromatic carbocycles. The fourth-order valence-corrected chi connectivity index (χ4v) is 6.25. The van der Waals surface area contributed by atoms with Crippen LogP contribution in [0.2, 0.25) is 0 Å². The van der Waals surface area contributed by atoms with E-state index in [0.29, 0.717) is 6.61 Å². The van der Waals surface area contributed by atoms with Crippen molar-refractivity contribution in [2.24, 2.45) is 11.8 Å². The second kappa shape index (κ2) is 6.76. The predicted molar refractivity (Wildman–Crippen MR) is 86.3 cm³/mol. The average Bonchev–Trinajstić information content (AvgIpc) is 3.19. The molecule has 4 N–H and O–H groups in total. The first-order valence-electron chi connectivity index (χ1n) is 9.97. The predicted octanol–water partition coefficient (Wildman–Crippen LogP) is -3.00. The van der Waals surface area contributed by atoms with Crippen LogP contribution in [0.25, 0.3) is 0 Å². The van der Waals surface area contributed by atoms with Gasteiger partial charge >= 0.3 is 0 Å². The Morgan fingerprint density at radius 1 is 0.773 bits per heavy atom. The van der Waals surface area contributed by atoms with Crippen molar-refractivity contribution in [3.63, 3.8) is 0 Å². The van der Waals surface area contributed by atoms with E-state index in [1.54, 1.807) is 30.6 Å². The van der Waals surface area contributed by atoms with Gasteiger partial charge in [0, 0.05) is 25.2 Å². The summed E-state index contributed by atoms with van der Waals surface area (Å²) in [6.45, 7) is 9.44. The van der Waals surface area contributed by atoms with Crippen molar-refractivity contribution in [1.82, 2.24) is 0 Å². The summed E-state index contributed by atoms with van der Waals surface area (Å²) in [5.41, 5.74) is 0. The van der Waals surface area contributed by atoms with Crippen LogP contribution in [0, 0.1) is 11.8 Å². The zero-order chi connectivity index (χ0) is 14.9. The Balaban J connectivity index is 1.23. The highest BCUT2D eigenvalue weighted by Crippen LogP contribution is 2.43. The first-order chi connectivity index (χ1) is 10.8. The molecule has 4 nitrogen and oxygen atoms in total. The van der Waals surface area contributed by atoms with E-state index in [0.717, 1.165) is 30.5 Å². The van der Waals surface area contributed by atoms with Gasteiger partial charge in [0.15, 0.2) is 0 Å². The zero-order valence-electron chi connectivity index (χ0n) is 14.2. The molecule has 2 saturated carbocycles. The molecule has 126 valence electrons. The number of hydrogen-bond acceptors (Lipinski definition) is 1. The van der Waals surface area contributed by atoms with Crippen molar-refractivity contribution >= 4 is 0 Å². The van der Waals surface area contributed by atoms with Crippen LogP contribution in [0.3, 0.4) is 0 Å². The van der Waals surface area contributed by atoms with E-state index < -0.39 is 0 Å². The summed E-state index contributed by atoms with van der Waals surface area (Å²) in [6, 6.07) is 1.98. The Labute approximate surface area is 135 Å². The first kappa shape index (κ1) is 15.4. The number of quaternary nitrogens is 3. The van der Waals surface area contributed by atoms with Crippen molar-refractivity contribution in [3.8, 4) is 0 Å². The molecule has 2 aliphatic heterocycles. The van der Waals surface area contributed by atoms with E-state index in [9.17, 15) is 0 Å². The van der Waals surface area contributed by atoms with Crippen LogP contribution in [-0.2, 0) is 0 Å². The fraction of sp³-hybridized carbons (Fsp3) is 1.00. The quantitative estimate of drug-likeness (QED) is 0.439. The van der Waals surface area contributed by atoms with Crippen LogP contribution in [0.4, 0.5) is 0 Å². The monoisotopic (exact) mass is 310 g/mol. The average molecular weight is 311 g/mol. The molecule has 0 spiro atoms. The fourth-order valence-electron chi connectivity index (χ4n) is 6.25. The number of piperidine rings is 1. The summed E-state index contributed by atoms with van der Waals surface area (Å²) in [4.78, 5) is 5.48. The van der Waals surface area contributed by atoms with Crippen LogP contribution in [0.5, 0.6) is 0 Å². The Kier molecular flexibility index (Phi) is 4.72. The normalized spacial score (nSPS) is 48.7. The van der Waals surface area contributed by atoms with Gasteiger partial charge in [0.05, 0.1) is 31.8 Å². The third-order valence-electron chi connectivity index (χ3n) is 7.53. The van der Waals surface area contributed by atoms with E-state index in [1.165, 1.54) is 52.1 Å². The number of likely N-dealkylation sites (tertiary alicyclic amines) is 1. The number of piperazine rings is 1. The summed E-state index contributed by atoms with van der Waals surface area (Å²) in [5, 5.41) is 9.08. The minimum Gasteiger partial charge on any atom is -0.391 e. The maximum atomic E-state index is 9.08. The second-order valence-corrected chi connectivity index (χ2v) is 8.60. The molecule has 2 saturated heterocycles. The van der Waals surface area contributed by atoms with Gasteiger partial charge in [-0.1, -0.05) is 0 Å². The number of hydrogen-bond donors (Lipinski definition) is 4. The number of aliphatic hydroxyl groups is 1. The van der Waals surface area contributed by atoms with Crippen LogP contribution >= 0.6 is 0 Å². The molecule has 4 aliphatic rings. The highest BCUT2D eigenvalue weighted by Gasteiger charge is 2.46. The van der Waals surface area contributed by atoms with Crippen molar-refractivity contribution in [3.05, 3.63) is 0 Å². The van der Waals surface area contributed by atoms with Crippen LogP contribution < -0.4 is 14.7 Å². The van der Waals surface area contributed by atoms with Crippen molar-refractivity contribution in [2.45, 2.75) is 50.6 Å². The molecule has 4 fully saturated rings. The van der Waals surface area contributed by atoms with E-state index in [1.807, 2.05) is 9.80 Å². The van der Waals surface area contributed by atoms with Crippen LogP contribution in [0.15, 0.2) is 0 Å². The number of nitrogens with one attached hydrogen (secondary N) is 3. The standard InChI is InChI=1S/C18H33N3O/c22-12-11-19-7-9-20(10-8-19)17-3-5-21(6-4-17)18-14-15-1-2-16(18)13-15/h15-18,22H,1-14H2/p+3/t15-,16+,18-/m0/s1. The first-order valence-corrected chi connectivity index (χ1v) is 9.97. The Morgan fingerprint density at radius 2 is 1.55 bits per heavy atom. The Hall–Kier alpha value is -0.160. The maximum Gasteiger partial charge on any atom is 0.127 e. The molecule has 0 aromatic heterocycles. The minimum atomic E-state index is 0.357. The lowest BCUT2D eigenvalue weighted by Crippen LogP contribution is -3.30. The van der Waals surface area contributed by atoms with E-state index >= 15 is 0 Å². The van der Waals surface area contributed by atoms with Gasteiger partial charge < -0.3 is 19.8 Å². The van der Waals surface area contributed by atoms with Crippen LogP contribution in [0.1, 0.15) is 38.5 Å². The molecule has 0 amide bonds. The molecular formula is C18H36N3O+3. The SMILES string of the molecule is OCC[NH+]1CC[NH+](C2CC[NH+]([C@H]3C[C@H]4CC[C@@H]3C4)CC2)CC1. The molecule has 0 radical (unpaired) electrons. The molecule has 4 rings (SSSR count). The highest BCUT2D eigenvalue weighted by atomic mass is 16.3. The van der Waals surface area contributed by atoms with Gasteiger partial charge in [-0.25, -0.2) is 0 Å². The molecule has 2 heterocycles. The summed E-state index contributed by atoms with van der Waals surface area (Å²) < 4.78 is 0. The molecule has 22 heavy (non-hydrogen) atoms. The van der Waals surface area contributed by atoms with Crippen LogP contribution in [-0.4, -0.2) is 69.6 Å². The van der Waals surface area contributed by atoms with E-state index in [-0.39, 0.29) is 0 Å². The zero-order valence-corrected chi connectivity index (χ0v) is 14.2. The molecule has 2 aliphatic carbocycles. The van der Waals surface area contributed by atoms with Gasteiger partial charge in [-0.15, -0.1) is 0 Å². The van der Waals surface area contributed by atoms with Crippen molar-refractivity contribution < 1.29 is 19.8 Å². The Morgan fingerprint density at radius 3 is 2.14 bits per heavy atom.